The zero-order valence-corrected chi connectivity index (χ0v) is 17.3. The molecule has 0 N–H and O–H groups in total. The summed E-state index contributed by atoms with van der Waals surface area (Å²) in [5.41, 5.74) is 4.83. The lowest BCUT2D eigenvalue weighted by atomic mass is 10.0. The molecule has 0 radical (unpaired) electrons. The van der Waals surface area contributed by atoms with Gasteiger partial charge >= 0.3 is 0 Å². The highest BCUT2D eigenvalue weighted by Crippen LogP contribution is 2.21. The van der Waals surface area contributed by atoms with Crippen LogP contribution in [0, 0.1) is 13.8 Å². The molecule has 3 rings (SSSR count). The summed E-state index contributed by atoms with van der Waals surface area (Å²) in [5.74, 6) is -0.0466. The molecule has 0 unspecified atom stereocenters. The van der Waals surface area contributed by atoms with Crippen LogP contribution >= 0.6 is 0 Å². The van der Waals surface area contributed by atoms with Gasteiger partial charge in [-0.3, -0.25) is 9.59 Å². The Morgan fingerprint density at radius 3 is 2.38 bits per heavy atom. The molecule has 0 aliphatic rings. The summed E-state index contributed by atoms with van der Waals surface area (Å²) in [7, 11) is 1.78. The second-order valence-corrected chi connectivity index (χ2v) is 7.33. The van der Waals surface area contributed by atoms with Crippen molar-refractivity contribution in [2.75, 3.05) is 7.05 Å². The Labute approximate surface area is 171 Å². The SMILES string of the molecule is Cc1ccc(C(=O)CCC(=O)N(C)[C@H](C)c2ccc(-n3cncn3)cc2)cc1C. The molecule has 0 fully saturated rings. The topological polar surface area (TPSA) is 68.1 Å². The lowest BCUT2D eigenvalue weighted by molar-refractivity contribution is -0.131. The largest absolute Gasteiger partial charge is 0.339 e. The van der Waals surface area contributed by atoms with Gasteiger partial charge in [0.15, 0.2) is 5.78 Å². The van der Waals surface area contributed by atoms with Crippen LogP contribution in [0.15, 0.2) is 55.1 Å². The van der Waals surface area contributed by atoms with Gasteiger partial charge < -0.3 is 4.90 Å². The van der Waals surface area contributed by atoms with E-state index >= 15 is 0 Å². The maximum Gasteiger partial charge on any atom is 0.223 e. The van der Waals surface area contributed by atoms with Gasteiger partial charge in [-0.2, -0.15) is 5.10 Å². The number of hydrogen-bond acceptors (Lipinski definition) is 4. The number of ketones is 1. The number of hydrogen-bond donors (Lipinski definition) is 0. The number of Topliss-reactive ketones (excluding diaryl/α,β-unsaturated/α-hetero) is 1. The molecule has 3 aromatic rings. The summed E-state index contributed by atoms with van der Waals surface area (Å²) in [6.07, 6.45) is 3.54. The quantitative estimate of drug-likeness (QED) is 0.571. The third-order valence-electron chi connectivity index (χ3n) is 5.43. The first-order valence-corrected chi connectivity index (χ1v) is 9.68. The molecule has 0 saturated carbocycles. The van der Waals surface area contributed by atoms with Crippen LogP contribution in [0.4, 0.5) is 0 Å². The van der Waals surface area contributed by atoms with E-state index in [2.05, 4.69) is 10.1 Å². The average molecular weight is 390 g/mol. The maximum absolute atomic E-state index is 12.6. The highest BCUT2D eigenvalue weighted by molar-refractivity contribution is 5.98. The van der Waals surface area contributed by atoms with Crippen LogP contribution in [0.5, 0.6) is 0 Å². The van der Waals surface area contributed by atoms with Crippen LogP contribution in [-0.2, 0) is 4.79 Å². The Bertz CT molecular complexity index is 994. The summed E-state index contributed by atoms with van der Waals surface area (Å²) < 4.78 is 1.68. The van der Waals surface area contributed by atoms with E-state index < -0.39 is 0 Å². The Balaban J connectivity index is 1.58. The molecule has 1 amide bonds. The minimum atomic E-state index is -0.0935. The highest BCUT2D eigenvalue weighted by Gasteiger charge is 2.19. The van der Waals surface area contributed by atoms with Gasteiger partial charge in [-0.05, 0) is 55.7 Å². The minimum Gasteiger partial charge on any atom is -0.339 e. The maximum atomic E-state index is 12.6. The summed E-state index contributed by atoms with van der Waals surface area (Å²) in [6.45, 7) is 5.98. The molecule has 0 aliphatic carbocycles. The number of aromatic nitrogens is 3. The summed E-state index contributed by atoms with van der Waals surface area (Å²) in [6, 6.07) is 13.4. The Morgan fingerprint density at radius 1 is 1.03 bits per heavy atom. The van der Waals surface area contributed by atoms with Gasteiger partial charge in [0, 0.05) is 25.5 Å². The molecule has 6 heteroatoms. The molecule has 0 saturated heterocycles. The molecule has 0 bridgehead atoms. The Morgan fingerprint density at radius 2 is 1.76 bits per heavy atom. The first-order chi connectivity index (χ1) is 13.9. The second kappa shape index (κ2) is 8.82. The van der Waals surface area contributed by atoms with Gasteiger partial charge in [0.2, 0.25) is 5.91 Å². The monoisotopic (exact) mass is 390 g/mol. The number of carbonyl (C=O) groups is 2. The molecule has 2 aromatic carbocycles. The van der Waals surface area contributed by atoms with Crippen molar-refractivity contribution in [1.82, 2.24) is 19.7 Å². The van der Waals surface area contributed by atoms with Crippen LogP contribution in [0.3, 0.4) is 0 Å². The van der Waals surface area contributed by atoms with Crippen LogP contribution in [0.25, 0.3) is 5.69 Å². The van der Waals surface area contributed by atoms with Crippen molar-refractivity contribution in [1.29, 1.82) is 0 Å². The highest BCUT2D eigenvalue weighted by atomic mass is 16.2. The van der Waals surface area contributed by atoms with Crippen molar-refractivity contribution >= 4 is 11.7 Å². The predicted octanol–water partition coefficient (Wildman–Crippen LogP) is 4.07. The molecule has 1 aromatic heterocycles. The van der Waals surface area contributed by atoms with Crippen LogP contribution in [0.2, 0.25) is 0 Å². The lowest BCUT2D eigenvalue weighted by Gasteiger charge is -2.25. The molecule has 1 heterocycles. The van der Waals surface area contributed by atoms with Crippen molar-refractivity contribution in [2.45, 2.75) is 39.7 Å². The molecule has 29 heavy (non-hydrogen) atoms. The smallest absolute Gasteiger partial charge is 0.223 e. The normalized spacial score (nSPS) is 11.9. The van der Waals surface area contributed by atoms with E-state index in [9.17, 15) is 9.59 Å². The van der Waals surface area contributed by atoms with Gasteiger partial charge in [-0.25, -0.2) is 9.67 Å². The van der Waals surface area contributed by atoms with Crippen molar-refractivity contribution in [3.63, 3.8) is 0 Å². The molecule has 6 nitrogen and oxygen atoms in total. The number of aryl methyl sites for hydroxylation is 2. The fraction of sp³-hybridized carbons (Fsp3) is 0.304. The van der Waals surface area contributed by atoms with E-state index in [0.29, 0.717) is 5.56 Å². The molecule has 0 spiro atoms. The zero-order chi connectivity index (χ0) is 21.0. The lowest BCUT2D eigenvalue weighted by Crippen LogP contribution is -2.29. The molecule has 0 aliphatic heterocycles. The van der Waals surface area contributed by atoms with Crippen molar-refractivity contribution in [3.05, 3.63) is 77.4 Å². The Hall–Kier alpha value is -3.28. The van der Waals surface area contributed by atoms with Crippen molar-refractivity contribution in [3.8, 4) is 5.69 Å². The van der Waals surface area contributed by atoms with Gasteiger partial charge in [-0.15, -0.1) is 0 Å². The van der Waals surface area contributed by atoms with E-state index in [1.54, 1.807) is 23.0 Å². The first kappa shape index (κ1) is 20.5. The first-order valence-electron chi connectivity index (χ1n) is 9.68. The van der Waals surface area contributed by atoms with Crippen LogP contribution in [0.1, 0.15) is 52.9 Å². The van der Waals surface area contributed by atoms with E-state index in [1.807, 2.05) is 63.2 Å². The van der Waals surface area contributed by atoms with Crippen molar-refractivity contribution < 1.29 is 9.59 Å². The van der Waals surface area contributed by atoms with Gasteiger partial charge in [0.05, 0.1) is 11.7 Å². The fourth-order valence-electron chi connectivity index (χ4n) is 3.14. The van der Waals surface area contributed by atoms with Gasteiger partial charge in [-0.1, -0.05) is 24.3 Å². The van der Waals surface area contributed by atoms with Crippen LogP contribution < -0.4 is 0 Å². The third kappa shape index (κ3) is 4.77. The number of rotatable bonds is 7. The zero-order valence-electron chi connectivity index (χ0n) is 17.3. The predicted molar refractivity (Wildman–Crippen MR) is 112 cm³/mol. The Kier molecular flexibility index (Phi) is 6.22. The summed E-state index contributed by atoms with van der Waals surface area (Å²) >= 11 is 0. The van der Waals surface area contributed by atoms with Gasteiger partial charge in [0.25, 0.3) is 0 Å². The van der Waals surface area contributed by atoms with Gasteiger partial charge in [0.1, 0.15) is 12.7 Å². The fourth-order valence-corrected chi connectivity index (χ4v) is 3.14. The van der Waals surface area contributed by atoms with E-state index in [0.717, 1.165) is 22.4 Å². The molecule has 150 valence electrons. The molecular weight excluding hydrogens is 364 g/mol. The minimum absolute atomic E-state index is 0.000289. The molecule has 1 atom stereocenters. The van der Waals surface area contributed by atoms with Crippen LogP contribution in [-0.4, -0.2) is 38.4 Å². The standard InChI is InChI=1S/C23H26N4O2/c1-16-5-6-20(13-17(16)2)22(28)11-12-23(29)26(4)18(3)19-7-9-21(10-8-19)27-15-24-14-25-27/h5-10,13-15,18H,11-12H2,1-4H3/t18-/m1/s1. The van der Waals surface area contributed by atoms with E-state index in [4.69, 9.17) is 0 Å². The summed E-state index contributed by atoms with van der Waals surface area (Å²) in [5, 5.41) is 4.11. The summed E-state index contributed by atoms with van der Waals surface area (Å²) in [4.78, 5) is 30.7. The second-order valence-electron chi connectivity index (χ2n) is 7.33. The number of benzene rings is 2. The third-order valence-corrected chi connectivity index (χ3v) is 5.43. The number of nitrogens with zero attached hydrogens (tertiary/aromatic N) is 4. The van der Waals surface area contributed by atoms with E-state index in [-0.39, 0.29) is 30.6 Å². The average Bonchev–Trinajstić information content (AvgIpc) is 3.27. The molecular formula is C23H26N4O2. The number of carbonyl (C=O) groups excluding carboxylic acids is 2. The van der Waals surface area contributed by atoms with Crippen molar-refractivity contribution in [2.24, 2.45) is 0 Å². The number of amides is 1. The van der Waals surface area contributed by atoms with E-state index in [1.165, 1.54) is 6.33 Å².